The molecule has 1 N–H and O–H groups in total. The first-order valence-corrected chi connectivity index (χ1v) is 4.31. The Balaban J connectivity index is 2.59. The molecule has 1 aromatic carbocycles. The highest BCUT2D eigenvalue weighted by Gasteiger charge is 2.06. The molecule has 1 heterocycles. The van der Waals surface area contributed by atoms with Crippen LogP contribution in [0.15, 0.2) is 41.3 Å². The maximum Gasteiger partial charge on any atom is 0.248 e. The van der Waals surface area contributed by atoms with Crippen LogP contribution in [0.5, 0.6) is 0 Å². The molecule has 0 amide bonds. The van der Waals surface area contributed by atoms with Crippen molar-refractivity contribution in [3.05, 3.63) is 58.5 Å². The summed E-state index contributed by atoms with van der Waals surface area (Å²) in [6.07, 6.45) is 1.42. The third-order valence-corrected chi connectivity index (χ3v) is 2.02. The van der Waals surface area contributed by atoms with Crippen LogP contribution in [0.25, 0.3) is 11.1 Å². The van der Waals surface area contributed by atoms with Crippen LogP contribution >= 0.6 is 0 Å². The van der Waals surface area contributed by atoms with Crippen LogP contribution in [0.3, 0.4) is 0 Å². The highest BCUT2D eigenvalue weighted by atomic mass is 19.1. The van der Waals surface area contributed by atoms with E-state index in [0.29, 0.717) is 5.56 Å². The molecule has 4 heteroatoms. The van der Waals surface area contributed by atoms with Gasteiger partial charge in [0, 0.05) is 23.9 Å². The lowest BCUT2D eigenvalue weighted by molar-refractivity contribution is 0.585. The first kappa shape index (κ1) is 9.58. The monoisotopic (exact) mass is 207 g/mol. The SMILES string of the molecule is O=c1cc(-c2ccc(F)cc2F)cc[nH]1. The Labute approximate surface area is 84.2 Å². The molecule has 0 aliphatic carbocycles. The summed E-state index contributed by atoms with van der Waals surface area (Å²) < 4.78 is 26.0. The first-order valence-electron chi connectivity index (χ1n) is 4.31. The van der Waals surface area contributed by atoms with Gasteiger partial charge in [0.2, 0.25) is 5.56 Å². The zero-order chi connectivity index (χ0) is 10.8. The Morgan fingerprint density at radius 2 is 1.87 bits per heavy atom. The fraction of sp³-hybridized carbons (Fsp3) is 0. The van der Waals surface area contributed by atoms with Crippen molar-refractivity contribution < 1.29 is 8.78 Å². The topological polar surface area (TPSA) is 32.9 Å². The van der Waals surface area contributed by atoms with Crippen LogP contribution in [-0.2, 0) is 0 Å². The van der Waals surface area contributed by atoms with E-state index in [1.807, 2.05) is 0 Å². The Hall–Kier alpha value is -1.97. The largest absolute Gasteiger partial charge is 0.329 e. The molecule has 15 heavy (non-hydrogen) atoms. The summed E-state index contributed by atoms with van der Waals surface area (Å²) in [4.78, 5) is 13.4. The molecular formula is C11H7F2NO. The number of hydrogen-bond acceptors (Lipinski definition) is 1. The Morgan fingerprint density at radius 1 is 1.07 bits per heavy atom. The van der Waals surface area contributed by atoms with Crippen LogP contribution in [0.4, 0.5) is 8.78 Å². The number of hydrogen-bond donors (Lipinski definition) is 1. The number of nitrogens with one attached hydrogen (secondary N) is 1. The van der Waals surface area contributed by atoms with E-state index in [1.165, 1.54) is 18.3 Å². The van der Waals surface area contributed by atoms with E-state index in [4.69, 9.17) is 0 Å². The van der Waals surface area contributed by atoms with E-state index in [2.05, 4.69) is 4.98 Å². The summed E-state index contributed by atoms with van der Waals surface area (Å²) in [5.74, 6) is -1.32. The molecule has 0 saturated heterocycles. The summed E-state index contributed by atoms with van der Waals surface area (Å²) >= 11 is 0. The molecule has 76 valence electrons. The zero-order valence-electron chi connectivity index (χ0n) is 7.63. The smallest absolute Gasteiger partial charge is 0.248 e. The van der Waals surface area contributed by atoms with Gasteiger partial charge in [-0.05, 0) is 23.8 Å². The van der Waals surface area contributed by atoms with Crippen LogP contribution in [0.2, 0.25) is 0 Å². The molecule has 2 rings (SSSR count). The van der Waals surface area contributed by atoms with Crippen molar-refractivity contribution in [2.75, 3.05) is 0 Å². The van der Waals surface area contributed by atoms with Gasteiger partial charge in [0.05, 0.1) is 0 Å². The van der Waals surface area contributed by atoms with Gasteiger partial charge in [-0.15, -0.1) is 0 Å². The number of aromatic amines is 1. The maximum absolute atomic E-state index is 13.3. The predicted octanol–water partition coefficient (Wildman–Crippen LogP) is 2.32. The van der Waals surface area contributed by atoms with E-state index < -0.39 is 11.6 Å². The van der Waals surface area contributed by atoms with Crippen molar-refractivity contribution in [2.24, 2.45) is 0 Å². The van der Waals surface area contributed by atoms with Crippen molar-refractivity contribution in [1.82, 2.24) is 4.98 Å². The summed E-state index contributed by atoms with van der Waals surface area (Å²) in [5, 5.41) is 0. The van der Waals surface area contributed by atoms with Crippen molar-refractivity contribution in [1.29, 1.82) is 0 Å². The lowest BCUT2D eigenvalue weighted by Gasteiger charge is -2.02. The number of aromatic nitrogens is 1. The minimum absolute atomic E-state index is 0.211. The van der Waals surface area contributed by atoms with Crippen LogP contribution in [0, 0.1) is 11.6 Å². The average Bonchev–Trinajstić information content (AvgIpc) is 2.17. The third-order valence-electron chi connectivity index (χ3n) is 2.02. The molecule has 0 unspecified atom stereocenters. The summed E-state index contributed by atoms with van der Waals surface area (Å²) in [7, 11) is 0. The van der Waals surface area contributed by atoms with Gasteiger partial charge in [-0.2, -0.15) is 0 Å². The minimum atomic E-state index is -0.680. The van der Waals surface area contributed by atoms with E-state index >= 15 is 0 Å². The van der Waals surface area contributed by atoms with E-state index in [9.17, 15) is 13.6 Å². The van der Waals surface area contributed by atoms with Gasteiger partial charge < -0.3 is 4.98 Å². The molecule has 0 aliphatic rings. The van der Waals surface area contributed by atoms with Crippen molar-refractivity contribution in [2.45, 2.75) is 0 Å². The molecule has 1 aromatic heterocycles. The van der Waals surface area contributed by atoms with Gasteiger partial charge in [0.1, 0.15) is 11.6 Å². The summed E-state index contributed by atoms with van der Waals surface area (Å²) in [5.41, 5.74) is 0.315. The van der Waals surface area contributed by atoms with Gasteiger partial charge >= 0.3 is 0 Å². The van der Waals surface area contributed by atoms with Crippen LogP contribution < -0.4 is 5.56 Å². The van der Waals surface area contributed by atoms with Gasteiger partial charge in [0.15, 0.2) is 0 Å². The molecule has 0 aliphatic heterocycles. The van der Waals surface area contributed by atoms with Gasteiger partial charge in [0.25, 0.3) is 0 Å². The molecule has 0 atom stereocenters. The lowest BCUT2D eigenvalue weighted by atomic mass is 10.1. The number of pyridine rings is 1. The van der Waals surface area contributed by atoms with Crippen molar-refractivity contribution in [3.63, 3.8) is 0 Å². The second-order valence-electron chi connectivity index (χ2n) is 3.07. The number of rotatable bonds is 1. The first-order chi connectivity index (χ1) is 7.16. The Kier molecular flexibility index (Phi) is 2.33. The highest BCUT2D eigenvalue weighted by Crippen LogP contribution is 2.21. The lowest BCUT2D eigenvalue weighted by Crippen LogP contribution is -2.02. The number of halogens is 2. The van der Waals surface area contributed by atoms with E-state index in [1.54, 1.807) is 6.07 Å². The molecule has 0 fully saturated rings. The Bertz CT molecular complexity index is 548. The van der Waals surface area contributed by atoms with Crippen molar-refractivity contribution >= 4 is 0 Å². The number of H-pyrrole nitrogens is 1. The zero-order valence-corrected chi connectivity index (χ0v) is 7.63. The molecule has 0 spiro atoms. The quantitative estimate of drug-likeness (QED) is 0.764. The molecule has 2 nitrogen and oxygen atoms in total. The highest BCUT2D eigenvalue weighted by molar-refractivity contribution is 5.63. The second kappa shape index (κ2) is 3.65. The van der Waals surface area contributed by atoms with Gasteiger partial charge in [-0.3, -0.25) is 4.79 Å². The molecular weight excluding hydrogens is 200 g/mol. The fourth-order valence-corrected chi connectivity index (χ4v) is 1.34. The fourth-order valence-electron chi connectivity index (χ4n) is 1.34. The Morgan fingerprint density at radius 3 is 2.53 bits per heavy atom. The second-order valence-corrected chi connectivity index (χ2v) is 3.07. The average molecular weight is 207 g/mol. The minimum Gasteiger partial charge on any atom is -0.329 e. The van der Waals surface area contributed by atoms with Crippen LogP contribution in [0.1, 0.15) is 0 Å². The normalized spacial score (nSPS) is 10.3. The molecule has 0 saturated carbocycles. The number of benzene rings is 1. The van der Waals surface area contributed by atoms with Crippen molar-refractivity contribution in [3.8, 4) is 11.1 Å². The maximum atomic E-state index is 13.3. The summed E-state index contributed by atoms with van der Waals surface area (Å²) in [6, 6.07) is 6.06. The van der Waals surface area contributed by atoms with Gasteiger partial charge in [-0.25, -0.2) is 8.78 Å². The van der Waals surface area contributed by atoms with E-state index in [-0.39, 0.29) is 11.1 Å². The predicted molar refractivity (Wildman–Crippen MR) is 52.4 cm³/mol. The van der Waals surface area contributed by atoms with E-state index in [0.717, 1.165) is 12.1 Å². The summed E-state index contributed by atoms with van der Waals surface area (Å²) in [6.45, 7) is 0. The molecule has 0 radical (unpaired) electrons. The molecule has 2 aromatic rings. The van der Waals surface area contributed by atoms with Gasteiger partial charge in [-0.1, -0.05) is 0 Å². The van der Waals surface area contributed by atoms with Crippen LogP contribution in [-0.4, -0.2) is 4.98 Å². The standard InChI is InChI=1S/C11H7F2NO/c12-8-1-2-9(10(13)6-8)7-3-4-14-11(15)5-7/h1-6H,(H,14,15). The third kappa shape index (κ3) is 1.93. The molecule has 0 bridgehead atoms.